The molecule has 1 N–H and O–H groups in total. The molecule has 0 aliphatic rings. The van der Waals surface area contributed by atoms with Gasteiger partial charge in [-0.2, -0.15) is 0 Å². The summed E-state index contributed by atoms with van der Waals surface area (Å²) in [6.45, 7) is 2.53. The molecule has 1 amide bonds. The van der Waals surface area contributed by atoms with Crippen molar-refractivity contribution in [3.63, 3.8) is 0 Å². The lowest BCUT2D eigenvalue weighted by molar-refractivity contribution is 0.102. The minimum Gasteiger partial charge on any atom is -0.494 e. The topological polar surface area (TPSA) is 51.2 Å². The molecule has 0 aliphatic carbocycles. The number of anilines is 1. The van der Waals surface area contributed by atoms with E-state index in [9.17, 15) is 4.79 Å². The fourth-order valence-corrected chi connectivity index (χ4v) is 1.49. The van der Waals surface area contributed by atoms with Crippen molar-refractivity contribution in [2.24, 2.45) is 0 Å². The van der Waals surface area contributed by atoms with Crippen LogP contribution < -0.4 is 10.1 Å². The predicted octanol–water partition coefficient (Wildman–Crippen LogP) is 2.73. The molecule has 1 heterocycles. The van der Waals surface area contributed by atoms with Crippen molar-refractivity contribution in [1.82, 2.24) is 4.98 Å². The quantitative estimate of drug-likeness (QED) is 0.896. The van der Waals surface area contributed by atoms with Gasteiger partial charge in [-0.25, -0.2) is 4.98 Å². The monoisotopic (exact) mass is 242 g/mol. The predicted molar refractivity (Wildman–Crippen MR) is 69.8 cm³/mol. The van der Waals surface area contributed by atoms with Crippen molar-refractivity contribution >= 4 is 11.7 Å². The lowest BCUT2D eigenvalue weighted by Gasteiger charge is -2.05. The fraction of sp³-hybridized carbons (Fsp3) is 0.143. The number of rotatable bonds is 4. The maximum Gasteiger partial charge on any atom is 0.256 e. The van der Waals surface area contributed by atoms with Crippen LogP contribution in [0.1, 0.15) is 17.3 Å². The van der Waals surface area contributed by atoms with E-state index in [4.69, 9.17) is 4.74 Å². The van der Waals surface area contributed by atoms with E-state index in [1.807, 2.05) is 13.0 Å². The van der Waals surface area contributed by atoms with E-state index in [0.717, 1.165) is 5.75 Å². The van der Waals surface area contributed by atoms with E-state index in [0.29, 0.717) is 18.0 Å². The molecule has 4 nitrogen and oxygen atoms in total. The van der Waals surface area contributed by atoms with E-state index < -0.39 is 0 Å². The SMILES string of the molecule is CCOc1ccc(C(=O)Nc2ccccn2)cc1. The van der Waals surface area contributed by atoms with Crippen LogP contribution in [0.3, 0.4) is 0 Å². The minimum atomic E-state index is -0.184. The average Bonchev–Trinajstić information content (AvgIpc) is 2.41. The van der Waals surface area contributed by atoms with Gasteiger partial charge in [0.1, 0.15) is 11.6 Å². The zero-order valence-electron chi connectivity index (χ0n) is 10.1. The Bertz CT molecular complexity index is 509. The Morgan fingerprint density at radius 1 is 1.22 bits per heavy atom. The zero-order chi connectivity index (χ0) is 12.8. The lowest BCUT2D eigenvalue weighted by atomic mass is 10.2. The largest absolute Gasteiger partial charge is 0.494 e. The van der Waals surface area contributed by atoms with Crippen LogP contribution in [0.2, 0.25) is 0 Å². The molecular formula is C14H14N2O2. The van der Waals surface area contributed by atoms with Gasteiger partial charge in [-0.05, 0) is 43.3 Å². The van der Waals surface area contributed by atoms with Crippen molar-refractivity contribution in [1.29, 1.82) is 0 Å². The first kappa shape index (κ1) is 12.1. The van der Waals surface area contributed by atoms with Crippen molar-refractivity contribution in [3.8, 4) is 5.75 Å². The Labute approximate surface area is 106 Å². The number of hydrogen-bond acceptors (Lipinski definition) is 3. The summed E-state index contributed by atoms with van der Waals surface area (Å²) >= 11 is 0. The highest BCUT2D eigenvalue weighted by atomic mass is 16.5. The molecule has 0 bridgehead atoms. The van der Waals surface area contributed by atoms with Crippen LogP contribution in [0.15, 0.2) is 48.7 Å². The summed E-state index contributed by atoms with van der Waals surface area (Å²) < 4.78 is 5.31. The van der Waals surface area contributed by atoms with Crippen LogP contribution in [-0.2, 0) is 0 Å². The molecule has 0 spiro atoms. The van der Waals surface area contributed by atoms with E-state index in [2.05, 4.69) is 10.3 Å². The maximum atomic E-state index is 11.9. The summed E-state index contributed by atoms with van der Waals surface area (Å²) in [5, 5.41) is 2.72. The van der Waals surface area contributed by atoms with E-state index in [1.54, 1.807) is 42.6 Å². The Hall–Kier alpha value is -2.36. The van der Waals surface area contributed by atoms with Crippen LogP contribution in [0.4, 0.5) is 5.82 Å². The number of nitrogens with one attached hydrogen (secondary N) is 1. The second-order valence-electron chi connectivity index (χ2n) is 3.63. The van der Waals surface area contributed by atoms with Gasteiger partial charge in [0, 0.05) is 11.8 Å². The molecule has 0 fully saturated rings. The number of carbonyl (C=O) groups excluding carboxylic acids is 1. The number of aromatic nitrogens is 1. The molecule has 0 saturated carbocycles. The first-order valence-electron chi connectivity index (χ1n) is 5.75. The number of carbonyl (C=O) groups is 1. The summed E-state index contributed by atoms with van der Waals surface area (Å²) in [7, 11) is 0. The molecule has 0 unspecified atom stereocenters. The molecule has 4 heteroatoms. The number of hydrogen-bond donors (Lipinski definition) is 1. The average molecular weight is 242 g/mol. The molecule has 2 aromatic rings. The molecule has 0 radical (unpaired) electrons. The van der Waals surface area contributed by atoms with Gasteiger partial charge in [0.05, 0.1) is 6.61 Å². The van der Waals surface area contributed by atoms with Gasteiger partial charge < -0.3 is 10.1 Å². The summed E-state index contributed by atoms with van der Waals surface area (Å²) in [5.74, 6) is 1.11. The summed E-state index contributed by atoms with van der Waals surface area (Å²) in [4.78, 5) is 15.9. The molecule has 18 heavy (non-hydrogen) atoms. The normalized spacial score (nSPS) is 9.83. The van der Waals surface area contributed by atoms with Gasteiger partial charge in [-0.1, -0.05) is 6.07 Å². The van der Waals surface area contributed by atoms with Gasteiger partial charge in [-0.15, -0.1) is 0 Å². The molecule has 0 saturated heterocycles. The second-order valence-corrected chi connectivity index (χ2v) is 3.63. The van der Waals surface area contributed by atoms with Crippen LogP contribution in [0.25, 0.3) is 0 Å². The maximum absolute atomic E-state index is 11.9. The molecule has 1 aromatic carbocycles. The third kappa shape index (κ3) is 3.07. The number of pyridine rings is 1. The molecule has 2 rings (SSSR count). The summed E-state index contributed by atoms with van der Waals surface area (Å²) in [5.41, 5.74) is 0.573. The Morgan fingerprint density at radius 3 is 2.61 bits per heavy atom. The number of nitrogens with zero attached hydrogens (tertiary/aromatic N) is 1. The lowest BCUT2D eigenvalue weighted by Crippen LogP contribution is -2.12. The van der Waals surface area contributed by atoms with Crippen molar-refractivity contribution in [3.05, 3.63) is 54.2 Å². The van der Waals surface area contributed by atoms with Crippen LogP contribution in [-0.4, -0.2) is 17.5 Å². The number of ether oxygens (including phenoxy) is 1. The van der Waals surface area contributed by atoms with Gasteiger partial charge >= 0.3 is 0 Å². The van der Waals surface area contributed by atoms with Crippen LogP contribution in [0, 0.1) is 0 Å². The summed E-state index contributed by atoms with van der Waals surface area (Å²) in [6, 6.07) is 12.4. The van der Waals surface area contributed by atoms with Gasteiger partial charge in [0.15, 0.2) is 0 Å². The van der Waals surface area contributed by atoms with Gasteiger partial charge in [0.2, 0.25) is 0 Å². The van der Waals surface area contributed by atoms with E-state index in [1.165, 1.54) is 0 Å². The molecular weight excluding hydrogens is 228 g/mol. The standard InChI is InChI=1S/C14H14N2O2/c1-2-18-12-8-6-11(7-9-12)14(17)16-13-5-3-4-10-15-13/h3-10H,2H2,1H3,(H,15,16,17). The van der Waals surface area contributed by atoms with Crippen molar-refractivity contribution in [2.45, 2.75) is 6.92 Å². The van der Waals surface area contributed by atoms with Gasteiger partial charge in [0.25, 0.3) is 5.91 Å². The highest BCUT2D eigenvalue weighted by Crippen LogP contribution is 2.13. The number of amides is 1. The van der Waals surface area contributed by atoms with E-state index >= 15 is 0 Å². The van der Waals surface area contributed by atoms with Crippen LogP contribution >= 0.6 is 0 Å². The van der Waals surface area contributed by atoms with Crippen LogP contribution in [0.5, 0.6) is 5.75 Å². The smallest absolute Gasteiger partial charge is 0.256 e. The second kappa shape index (κ2) is 5.82. The first-order valence-corrected chi connectivity index (χ1v) is 5.75. The molecule has 92 valence electrons. The van der Waals surface area contributed by atoms with Crippen molar-refractivity contribution < 1.29 is 9.53 Å². The Balaban J connectivity index is 2.05. The third-order valence-corrected chi connectivity index (χ3v) is 2.33. The molecule has 0 atom stereocenters. The van der Waals surface area contributed by atoms with Crippen molar-refractivity contribution in [2.75, 3.05) is 11.9 Å². The highest BCUT2D eigenvalue weighted by Gasteiger charge is 2.06. The minimum absolute atomic E-state index is 0.184. The van der Waals surface area contributed by atoms with Gasteiger partial charge in [-0.3, -0.25) is 4.79 Å². The molecule has 0 aliphatic heterocycles. The highest BCUT2D eigenvalue weighted by molar-refractivity contribution is 6.03. The first-order chi connectivity index (χ1) is 8.79. The third-order valence-electron chi connectivity index (χ3n) is 2.33. The Morgan fingerprint density at radius 2 is 2.00 bits per heavy atom. The zero-order valence-corrected chi connectivity index (χ0v) is 10.1. The molecule has 1 aromatic heterocycles. The fourth-order valence-electron chi connectivity index (χ4n) is 1.49. The summed E-state index contributed by atoms with van der Waals surface area (Å²) in [6.07, 6.45) is 1.63. The number of benzene rings is 1. The van der Waals surface area contributed by atoms with E-state index in [-0.39, 0.29) is 5.91 Å². The Kier molecular flexibility index (Phi) is 3.91.